The Kier molecular flexibility index (Phi) is 5.61. The SMILES string of the molecule is Cc1ccc(CCNC(=O)c2ccc(C=C3Oc4ccccc4NC3=O)cc2)cc1. The number of para-hydroxylation sites is 2. The van der Waals surface area contributed by atoms with Crippen LogP contribution in [-0.2, 0) is 11.2 Å². The zero-order valence-corrected chi connectivity index (χ0v) is 16.6. The lowest BCUT2D eigenvalue weighted by Gasteiger charge is -2.19. The molecule has 0 saturated heterocycles. The van der Waals surface area contributed by atoms with Crippen LogP contribution in [0.3, 0.4) is 0 Å². The minimum absolute atomic E-state index is 0.123. The van der Waals surface area contributed by atoms with Crippen molar-refractivity contribution in [1.29, 1.82) is 0 Å². The highest BCUT2D eigenvalue weighted by Gasteiger charge is 2.21. The van der Waals surface area contributed by atoms with Crippen molar-refractivity contribution in [2.45, 2.75) is 13.3 Å². The Morgan fingerprint density at radius 1 is 1.00 bits per heavy atom. The molecule has 2 amide bonds. The molecule has 2 N–H and O–H groups in total. The number of nitrogens with one attached hydrogen (secondary N) is 2. The maximum absolute atomic E-state index is 12.4. The van der Waals surface area contributed by atoms with Crippen molar-refractivity contribution < 1.29 is 14.3 Å². The van der Waals surface area contributed by atoms with Gasteiger partial charge in [0, 0.05) is 12.1 Å². The molecule has 0 bridgehead atoms. The number of rotatable bonds is 5. The highest BCUT2D eigenvalue weighted by molar-refractivity contribution is 6.08. The first-order valence-corrected chi connectivity index (χ1v) is 9.82. The molecule has 0 radical (unpaired) electrons. The van der Waals surface area contributed by atoms with Gasteiger partial charge in [0.1, 0.15) is 0 Å². The summed E-state index contributed by atoms with van der Waals surface area (Å²) in [6.45, 7) is 2.62. The van der Waals surface area contributed by atoms with E-state index in [1.807, 2.05) is 12.1 Å². The van der Waals surface area contributed by atoms with Gasteiger partial charge >= 0.3 is 0 Å². The zero-order valence-electron chi connectivity index (χ0n) is 16.6. The number of ether oxygens (including phenoxy) is 1. The maximum Gasteiger partial charge on any atom is 0.291 e. The van der Waals surface area contributed by atoms with Crippen LogP contribution in [-0.4, -0.2) is 18.4 Å². The Morgan fingerprint density at radius 2 is 1.73 bits per heavy atom. The van der Waals surface area contributed by atoms with Crippen LogP contribution in [0.5, 0.6) is 5.75 Å². The summed E-state index contributed by atoms with van der Waals surface area (Å²) in [6.07, 6.45) is 2.44. The summed E-state index contributed by atoms with van der Waals surface area (Å²) in [5.41, 5.74) is 4.40. The summed E-state index contributed by atoms with van der Waals surface area (Å²) < 4.78 is 5.70. The van der Waals surface area contributed by atoms with E-state index in [-0.39, 0.29) is 17.6 Å². The number of hydrogen-bond acceptors (Lipinski definition) is 3. The van der Waals surface area contributed by atoms with Crippen molar-refractivity contribution in [3.63, 3.8) is 0 Å². The lowest BCUT2D eigenvalue weighted by Crippen LogP contribution is -2.25. The van der Waals surface area contributed by atoms with Crippen molar-refractivity contribution in [2.24, 2.45) is 0 Å². The lowest BCUT2D eigenvalue weighted by molar-refractivity contribution is -0.115. The molecule has 150 valence electrons. The lowest BCUT2D eigenvalue weighted by atomic mass is 10.1. The summed E-state index contributed by atoms with van der Waals surface area (Å²) in [4.78, 5) is 24.6. The molecule has 5 heteroatoms. The van der Waals surface area contributed by atoms with E-state index in [1.54, 1.807) is 42.5 Å². The average Bonchev–Trinajstić information content (AvgIpc) is 2.76. The first-order valence-electron chi connectivity index (χ1n) is 9.82. The zero-order chi connectivity index (χ0) is 20.9. The largest absolute Gasteiger partial charge is 0.449 e. The third-order valence-corrected chi connectivity index (χ3v) is 4.87. The number of benzene rings is 3. The predicted octanol–water partition coefficient (Wildman–Crippen LogP) is 4.34. The van der Waals surface area contributed by atoms with Gasteiger partial charge in [-0.25, -0.2) is 0 Å². The van der Waals surface area contributed by atoms with Crippen LogP contribution in [0.25, 0.3) is 6.08 Å². The van der Waals surface area contributed by atoms with Crippen molar-refractivity contribution >= 4 is 23.6 Å². The average molecular weight is 398 g/mol. The van der Waals surface area contributed by atoms with Gasteiger partial charge in [0.05, 0.1) is 5.69 Å². The molecular formula is C25H22N2O3. The number of carbonyl (C=O) groups excluding carboxylic acids is 2. The first-order chi connectivity index (χ1) is 14.6. The molecule has 1 heterocycles. The molecule has 0 spiro atoms. The Hall–Kier alpha value is -3.86. The number of fused-ring (bicyclic) bond motifs is 1. The number of hydrogen-bond donors (Lipinski definition) is 2. The van der Waals surface area contributed by atoms with Crippen LogP contribution in [0.2, 0.25) is 0 Å². The molecule has 0 saturated carbocycles. The number of amides is 2. The van der Waals surface area contributed by atoms with Gasteiger partial charge in [0.15, 0.2) is 11.5 Å². The summed E-state index contributed by atoms with van der Waals surface area (Å²) in [7, 11) is 0. The molecule has 0 aromatic heterocycles. The van der Waals surface area contributed by atoms with E-state index in [9.17, 15) is 9.59 Å². The normalized spacial score (nSPS) is 13.9. The molecule has 5 nitrogen and oxygen atoms in total. The fourth-order valence-corrected chi connectivity index (χ4v) is 3.16. The summed E-state index contributed by atoms with van der Waals surface area (Å²) in [6, 6.07) is 22.6. The topological polar surface area (TPSA) is 67.4 Å². The second kappa shape index (κ2) is 8.66. The molecule has 30 heavy (non-hydrogen) atoms. The Labute approximate surface area is 175 Å². The molecule has 0 unspecified atom stereocenters. The molecule has 1 aliphatic rings. The van der Waals surface area contributed by atoms with Gasteiger partial charge in [-0.05, 0) is 54.8 Å². The van der Waals surface area contributed by atoms with Gasteiger partial charge in [0.2, 0.25) is 0 Å². The van der Waals surface area contributed by atoms with Crippen molar-refractivity contribution in [3.8, 4) is 5.75 Å². The second-order valence-electron chi connectivity index (χ2n) is 7.17. The smallest absolute Gasteiger partial charge is 0.291 e. The summed E-state index contributed by atoms with van der Waals surface area (Å²) >= 11 is 0. The van der Waals surface area contributed by atoms with Crippen molar-refractivity contribution in [1.82, 2.24) is 5.32 Å². The van der Waals surface area contributed by atoms with E-state index in [1.165, 1.54) is 11.1 Å². The molecule has 3 aromatic rings. The molecule has 1 aliphatic heterocycles. The number of aryl methyl sites for hydroxylation is 1. The Morgan fingerprint density at radius 3 is 2.50 bits per heavy atom. The minimum atomic E-state index is -0.299. The fourth-order valence-electron chi connectivity index (χ4n) is 3.16. The summed E-state index contributed by atoms with van der Waals surface area (Å²) in [5, 5.41) is 5.74. The molecule has 0 fully saturated rings. The van der Waals surface area contributed by atoms with Crippen LogP contribution >= 0.6 is 0 Å². The van der Waals surface area contributed by atoms with E-state index in [0.29, 0.717) is 23.5 Å². The number of anilines is 1. The monoisotopic (exact) mass is 398 g/mol. The third-order valence-electron chi connectivity index (χ3n) is 4.87. The quantitative estimate of drug-likeness (QED) is 0.629. The van der Waals surface area contributed by atoms with Gasteiger partial charge < -0.3 is 15.4 Å². The van der Waals surface area contributed by atoms with Crippen LogP contribution in [0.15, 0.2) is 78.6 Å². The standard InChI is InChI=1S/C25H22N2O3/c1-17-6-8-18(9-7-17)14-15-26-24(28)20-12-10-19(11-13-20)16-23-25(29)27-21-4-2-3-5-22(21)30-23/h2-13,16H,14-15H2,1H3,(H,26,28)(H,27,29). The Balaban J connectivity index is 1.36. The molecule has 0 atom stereocenters. The van der Waals surface area contributed by atoms with E-state index in [0.717, 1.165) is 12.0 Å². The van der Waals surface area contributed by atoms with Crippen LogP contribution in [0.4, 0.5) is 5.69 Å². The van der Waals surface area contributed by atoms with Crippen LogP contribution in [0.1, 0.15) is 27.0 Å². The highest BCUT2D eigenvalue weighted by atomic mass is 16.5. The van der Waals surface area contributed by atoms with Gasteiger partial charge in [-0.1, -0.05) is 54.1 Å². The third kappa shape index (κ3) is 4.58. The van der Waals surface area contributed by atoms with E-state index < -0.39 is 0 Å². The van der Waals surface area contributed by atoms with Gasteiger partial charge in [-0.2, -0.15) is 0 Å². The second-order valence-corrected chi connectivity index (χ2v) is 7.17. The van der Waals surface area contributed by atoms with Crippen molar-refractivity contribution in [3.05, 3.63) is 101 Å². The fraction of sp³-hybridized carbons (Fsp3) is 0.120. The van der Waals surface area contributed by atoms with E-state index >= 15 is 0 Å². The molecule has 3 aromatic carbocycles. The van der Waals surface area contributed by atoms with Gasteiger partial charge in [0.25, 0.3) is 11.8 Å². The van der Waals surface area contributed by atoms with E-state index in [4.69, 9.17) is 4.74 Å². The predicted molar refractivity (Wildman–Crippen MR) is 117 cm³/mol. The molecule has 4 rings (SSSR count). The van der Waals surface area contributed by atoms with Crippen molar-refractivity contribution in [2.75, 3.05) is 11.9 Å². The van der Waals surface area contributed by atoms with Crippen LogP contribution < -0.4 is 15.4 Å². The van der Waals surface area contributed by atoms with Crippen LogP contribution in [0, 0.1) is 6.92 Å². The van der Waals surface area contributed by atoms with E-state index in [2.05, 4.69) is 41.8 Å². The van der Waals surface area contributed by atoms with Gasteiger partial charge in [-0.15, -0.1) is 0 Å². The minimum Gasteiger partial charge on any atom is -0.449 e. The molecule has 0 aliphatic carbocycles. The summed E-state index contributed by atoms with van der Waals surface area (Å²) in [5.74, 6) is 0.394. The Bertz CT molecular complexity index is 1100. The number of carbonyl (C=O) groups is 2. The molecular weight excluding hydrogens is 376 g/mol. The first kappa shape index (κ1) is 19.5. The van der Waals surface area contributed by atoms with Gasteiger partial charge in [-0.3, -0.25) is 9.59 Å². The highest BCUT2D eigenvalue weighted by Crippen LogP contribution is 2.30. The maximum atomic E-state index is 12.4.